The van der Waals surface area contributed by atoms with E-state index in [2.05, 4.69) is 10.6 Å². The van der Waals surface area contributed by atoms with Crippen LogP contribution in [0.4, 0.5) is 9.59 Å². The first-order chi connectivity index (χ1) is 18.2. The van der Waals surface area contributed by atoms with Crippen molar-refractivity contribution in [2.45, 2.75) is 26.0 Å². The third-order valence-corrected chi connectivity index (χ3v) is 5.39. The fourth-order valence-electron chi connectivity index (χ4n) is 3.49. The van der Waals surface area contributed by atoms with Crippen molar-refractivity contribution in [2.75, 3.05) is 0 Å². The van der Waals surface area contributed by atoms with E-state index in [0.717, 1.165) is 16.7 Å². The molecule has 0 unspecified atom stereocenters. The van der Waals surface area contributed by atoms with Crippen molar-refractivity contribution >= 4 is 12.2 Å². The molecule has 4 aromatic carbocycles. The average molecular weight is 497 g/mol. The lowest BCUT2D eigenvalue weighted by Crippen LogP contribution is -2.41. The van der Waals surface area contributed by atoms with E-state index in [-0.39, 0.29) is 13.2 Å². The highest BCUT2D eigenvalue weighted by molar-refractivity contribution is 5.71. The standard InChI is InChI=1S/C30H28N2O5/c33-29(36-21-24-13-6-2-7-14-24)31-28(32-30(34)37-22-25-15-8-3-9-16-25)26-17-10-18-27(19-26)35-20-23-11-4-1-5-12-23/h1-19,28H,20-22H2,(H,31,33)(H,32,34). The second kappa shape index (κ2) is 13.3. The first-order valence-corrected chi connectivity index (χ1v) is 11.9. The Morgan fingerprint density at radius 1 is 0.568 bits per heavy atom. The molecule has 0 radical (unpaired) electrons. The van der Waals surface area contributed by atoms with Crippen LogP contribution in [0.1, 0.15) is 28.4 Å². The summed E-state index contributed by atoms with van der Waals surface area (Å²) in [4.78, 5) is 25.2. The highest BCUT2D eigenvalue weighted by Crippen LogP contribution is 2.20. The maximum atomic E-state index is 12.6. The lowest BCUT2D eigenvalue weighted by atomic mass is 10.1. The van der Waals surface area contributed by atoms with E-state index in [4.69, 9.17) is 14.2 Å². The quantitative estimate of drug-likeness (QED) is 0.259. The molecule has 0 aliphatic heterocycles. The maximum Gasteiger partial charge on any atom is 0.409 e. The number of ether oxygens (including phenoxy) is 3. The van der Waals surface area contributed by atoms with Crippen molar-refractivity contribution in [1.29, 1.82) is 0 Å². The Balaban J connectivity index is 1.42. The van der Waals surface area contributed by atoms with Crippen molar-refractivity contribution in [3.05, 3.63) is 138 Å². The molecular formula is C30H28N2O5. The molecule has 7 nitrogen and oxygen atoms in total. The second-order valence-electron chi connectivity index (χ2n) is 8.19. The number of hydrogen-bond acceptors (Lipinski definition) is 5. The maximum absolute atomic E-state index is 12.6. The predicted molar refractivity (Wildman–Crippen MR) is 139 cm³/mol. The van der Waals surface area contributed by atoms with Crippen LogP contribution in [0.2, 0.25) is 0 Å². The number of amides is 2. The second-order valence-corrected chi connectivity index (χ2v) is 8.19. The molecule has 0 atom stereocenters. The molecule has 4 aromatic rings. The van der Waals surface area contributed by atoms with Crippen molar-refractivity contribution in [3.8, 4) is 5.75 Å². The lowest BCUT2D eigenvalue weighted by Gasteiger charge is -2.21. The Hall–Kier alpha value is -4.78. The molecule has 2 N–H and O–H groups in total. The number of hydrogen-bond donors (Lipinski definition) is 2. The molecule has 4 rings (SSSR count). The molecule has 0 bridgehead atoms. The van der Waals surface area contributed by atoms with Crippen LogP contribution in [0.5, 0.6) is 5.75 Å². The summed E-state index contributed by atoms with van der Waals surface area (Å²) in [5.74, 6) is 0.588. The highest BCUT2D eigenvalue weighted by atomic mass is 16.6. The number of benzene rings is 4. The Bertz CT molecular complexity index is 1210. The first-order valence-electron chi connectivity index (χ1n) is 11.9. The van der Waals surface area contributed by atoms with Gasteiger partial charge in [-0.1, -0.05) is 103 Å². The van der Waals surface area contributed by atoms with Crippen LogP contribution in [-0.2, 0) is 29.3 Å². The summed E-state index contributed by atoms with van der Waals surface area (Å²) in [7, 11) is 0. The molecule has 0 aliphatic carbocycles. The Morgan fingerprint density at radius 3 is 1.51 bits per heavy atom. The van der Waals surface area contributed by atoms with Gasteiger partial charge in [-0.25, -0.2) is 9.59 Å². The molecule has 0 spiro atoms. The van der Waals surface area contributed by atoms with Crippen molar-refractivity contribution in [2.24, 2.45) is 0 Å². The number of alkyl carbamates (subject to hydrolysis) is 2. The van der Waals surface area contributed by atoms with Gasteiger partial charge in [0.2, 0.25) is 0 Å². The van der Waals surface area contributed by atoms with Gasteiger partial charge >= 0.3 is 12.2 Å². The normalized spacial score (nSPS) is 10.4. The van der Waals surface area contributed by atoms with Gasteiger partial charge in [0.25, 0.3) is 0 Å². The van der Waals surface area contributed by atoms with Crippen LogP contribution >= 0.6 is 0 Å². The monoisotopic (exact) mass is 496 g/mol. The summed E-state index contributed by atoms with van der Waals surface area (Å²) in [6, 6.07) is 35.6. The Morgan fingerprint density at radius 2 is 1.03 bits per heavy atom. The molecule has 188 valence electrons. The number of carbonyl (C=O) groups is 2. The molecule has 0 aromatic heterocycles. The third kappa shape index (κ3) is 8.43. The van der Waals surface area contributed by atoms with E-state index in [1.54, 1.807) is 18.2 Å². The van der Waals surface area contributed by atoms with Gasteiger partial charge in [-0.05, 0) is 34.4 Å². The first kappa shape index (κ1) is 25.3. The zero-order valence-electron chi connectivity index (χ0n) is 20.2. The van der Waals surface area contributed by atoms with Gasteiger partial charge in [-0.15, -0.1) is 0 Å². The van der Waals surface area contributed by atoms with Crippen molar-refractivity contribution < 1.29 is 23.8 Å². The minimum Gasteiger partial charge on any atom is -0.489 e. The zero-order valence-corrected chi connectivity index (χ0v) is 20.2. The van der Waals surface area contributed by atoms with E-state index in [9.17, 15) is 9.59 Å². The summed E-state index contributed by atoms with van der Waals surface area (Å²) in [5, 5.41) is 5.41. The van der Waals surface area contributed by atoms with Gasteiger partial charge in [0, 0.05) is 0 Å². The van der Waals surface area contributed by atoms with Gasteiger partial charge in [0.05, 0.1) is 0 Å². The molecule has 0 saturated heterocycles. The van der Waals surface area contributed by atoms with Crippen LogP contribution in [0.3, 0.4) is 0 Å². The largest absolute Gasteiger partial charge is 0.489 e. The van der Waals surface area contributed by atoms with E-state index in [0.29, 0.717) is 17.9 Å². The summed E-state index contributed by atoms with van der Waals surface area (Å²) in [6.07, 6.45) is -2.28. The van der Waals surface area contributed by atoms with Crippen LogP contribution in [0, 0.1) is 0 Å². The van der Waals surface area contributed by atoms with E-state index >= 15 is 0 Å². The third-order valence-electron chi connectivity index (χ3n) is 5.39. The van der Waals surface area contributed by atoms with E-state index < -0.39 is 18.4 Å². The van der Waals surface area contributed by atoms with Gasteiger partial charge in [-0.2, -0.15) is 0 Å². The van der Waals surface area contributed by atoms with Crippen LogP contribution < -0.4 is 15.4 Å². The molecule has 0 aliphatic rings. The number of nitrogens with one attached hydrogen (secondary N) is 2. The molecular weight excluding hydrogens is 468 g/mol. The fourth-order valence-corrected chi connectivity index (χ4v) is 3.49. The molecule has 0 fully saturated rings. The van der Waals surface area contributed by atoms with Crippen LogP contribution in [-0.4, -0.2) is 12.2 Å². The van der Waals surface area contributed by atoms with Crippen LogP contribution in [0.25, 0.3) is 0 Å². The Kier molecular flexibility index (Phi) is 9.13. The molecule has 0 saturated carbocycles. The molecule has 7 heteroatoms. The minimum absolute atomic E-state index is 0.0953. The SMILES string of the molecule is O=C(NC(NC(=O)OCc1ccccc1)c1cccc(OCc2ccccc2)c1)OCc1ccccc1. The Labute approximate surface area is 216 Å². The molecule has 0 heterocycles. The van der Waals surface area contributed by atoms with Gasteiger partial charge in [-0.3, -0.25) is 10.6 Å². The summed E-state index contributed by atoms with van der Waals surface area (Å²) in [6.45, 7) is 0.574. The summed E-state index contributed by atoms with van der Waals surface area (Å²) < 4.78 is 16.6. The zero-order chi connectivity index (χ0) is 25.7. The number of carbonyl (C=O) groups excluding carboxylic acids is 2. The minimum atomic E-state index is -0.910. The van der Waals surface area contributed by atoms with Crippen molar-refractivity contribution in [3.63, 3.8) is 0 Å². The summed E-state index contributed by atoms with van der Waals surface area (Å²) >= 11 is 0. The number of rotatable bonds is 10. The topological polar surface area (TPSA) is 85.9 Å². The van der Waals surface area contributed by atoms with Crippen LogP contribution in [0.15, 0.2) is 115 Å². The van der Waals surface area contributed by atoms with Crippen molar-refractivity contribution in [1.82, 2.24) is 10.6 Å². The molecule has 2 amide bonds. The van der Waals surface area contributed by atoms with Gasteiger partial charge < -0.3 is 14.2 Å². The van der Waals surface area contributed by atoms with Gasteiger partial charge in [0.15, 0.2) is 0 Å². The lowest BCUT2D eigenvalue weighted by molar-refractivity contribution is 0.122. The van der Waals surface area contributed by atoms with E-state index in [1.807, 2.05) is 97.1 Å². The van der Waals surface area contributed by atoms with Gasteiger partial charge in [0.1, 0.15) is 31.7 Å². The predicted octanol–water partition coefficient (Wildman–Crippen LogP) is 6.12. The summed E-state index contributed by atoms with van der Waals surface area (Å²) in [5.41, 5.74) is 3.31. The fraction of sp³-hybridized carbons (Fsp3) is 0.133. The smallest absolute Gasteiger partial charge is 0.409 e. The average Bonchev–Trinajstić information content (AvgIpc) is 2.95. The van der Waals surface area contributed by atoms with E-state index in [1.165, 1.54) is 0 Å². The molecule has 37 heavy (non-hydrogen) atoms. The highest BCUT2D eigenvalue weighted by Gasteiger charge is 2.20.